The van der Waals surface area contributed by atoms with Crippen LogP contribution in [0.4, 0.5) is 5.82 Å². The fourth-order valence-corrected chi connectivity index (χ4v) is 4.28. The fourth-order valence-electron chi connectivity index (χ4n) is 2.67. The number of nitrogens with zero attached hydrogens (tertiary/aromatic N) is 3. The van der Waals surface area contributed by atoms with E-state index in [9.17, 15) is 0 Å². The molecule has 4 nitrogen and oxygen atoms in total. The molecule has 0 aliphatic heterocycles. The predicted octanol–water partition coefficient (Wildman–Crippen LogP) is 5.04. The minimum absolute atomic E-state index is 0.667. The van der Waals surface area contributed by atoms with E-state index in [2.05, 4.69) is 55.3 Å². The number of rotatable bonds is 4. The van der Waals surface area contributed by atoms with E-state index in [0.29, 0.717) is 6.54 Å². The molecule has 0 unspecified atom stereocenters. The quantitative estimate of drug-likeness (QED) is 0.559. The van der Waals surface area contributed by atoms with Gasteiger partial charge in [0, 0.05) is 16.3 Å². The SMILES string of the molecule is Cc1nc(NCc2csc(C)n2)c2c(-c3ccccc3)csc2n1. The molecule has 4 aromatic rings. The topological polar surface area (TPSA) is 50.7 Å². The van der Waals surface area contributed by atoms with E-state index in [1.54, 1.807) is 22.7 Å². The Balaban J connectivity index is 1.77. The van der Waals surface area contributed by atoms with Crippen molar-refractivity contribution < 1.29 is 0 Å². The second kappa shape index (κ2) is 6.30. The highest BCUT2D eigenvalue weighted by Crippen LogP contribution is 2.36. The second-order valence-corrected chi connectivity index (χ2v) is 7.45. The molecule has 0 spiro atoms. The van der Waals surface area contributed by atoms with Gasteiger partial charge in [0.15, 0.2) is 0 Å². The van der Waals surface area contributed by atoms with E-state index >= 15 is 0 Å². The van der Waals surface area contributed by atoms with Crippen LogP contribution in [0.5, 0.6) is 0 Å². The molecule has 0 aliphatic carbocycles. The number of hydrogen-bond acceptors (Lipinski definition) is 6. The number of hydrogen-bond donors (Lipinski definition) is 1. The van der Waals surface area contributed by atoms with Gasteiger partial charge in [-0.15, -0.1) is 22.7 Å². The number of nitrogens with one attached hydrogen (secondary N) is 1. The van der Waals surface area contributed by atoms with Crippen molar-refractivity contribution in [2.75, 3.05) is 5.32 Å². The first-order chi connectivity index (χ1) is 11.7. The van der Waals surface area contributed by atoms with Gasteiger partial charge in [0.1, 0.15) is 16.5 Å². The first kappa shape index (κ1) is 15.2. The van der Waals surface area contributed by atoms with Gasteiger partial charge in [0.25, 0.3) is 0 Å². The van der Waals surface area contributed by atoms with Crippen LogP contribution in [0.3, 0.4) is 0 Å². The van der Waals surface area contributed by atoms with E-state index in [1.165, 1.54) is 11.1 Å². The Hall–Kier alpha value is -2.31. The summed E-state index contributed by atoms with van der Waals surface area (Å²) in [7, 11) is 0. The molecule has 0 fully saturated rings. The van der Waals surface area contributed by atoms with Crippen molar-refractivity contribution in [1.29, 1.82) is 0 Å². The Kier molecular flexibility index (Phi) is 4.00. The lowest BCUT2D eigenvalue weighted by Crippen LogP contribution is -2.04. The van der Waals surface area contributed by atoms with Crippen molar-refractivity contribution in [3.63, 3.8) is 0 Å². The maximum Gasteiger partial charge on any atom is 0.139 e. The molecule has 24 heavy (non-hydrogen) atoms. The molecule has 120 valence electrons. The normalized spacial score (nSPS) is 11.1. The number of thiazole rings is 1. The third kappa shape index (κ3) is 2.90. The summed E-state index contributed by atoms with van der Waals surface area (Å²) in [4.78, 5) is 14.8. The molecule has 0 saturated heterocycles. The lowest BCUT2D eigenvalue weighted by atomic mass is 10.1. The number of aromatic nitrogens is 3. The molecule has 0 saturated carbocycles. The van der Waals surface area contributed by atoms with Crippen LogP contribution in [0, 0.1) is 13.8 Å². The zero-order chi connectivity index (χ0) is 16.5. The first-order valence-electron chi connectivity index (χ1n) is 7.67. The molecule has 6 heteroatoms. The smallest absolute Gasteiger partial charge is 0.139 e. The van der Waals surface area contributed by atoms with Crippen LogP contribution in [0.2, 0.25) is 0 Å². The molecule has 0 atom stereocenters. The van der Waals surface area contributed by atoms with Crippen molar-refractivity contribution in [2.45, 2.75) is 20.4 Å². The zero-order valence-electron chi connectivity index (χ0n) is 13.4. The maximum atomic E-state index is 4.64. The maximum absolute atomic E-state index is 4.64. The molecular weight excluding hydrogens is 336 g/mol. The summed E-state index contributed by atoms with van der Waals surface area (Å²) in [6, 6.07) is 10.4. The van der Waals surface area contributed by atoms with Gasteiger partial charge in [-0.3, -0.25) is 0 Å². The van der Waals surface area contributed by atoms with Gasteiger partial charge in [-0.2, -0.15) is 0 Å². The molecule has 1 N–H and O–H groups in total. The number of anilines is 1. The number of fused-ring (bicyclic) bond motifs is 1. The fraction of sp³-hybridized carbons (Fsp3) is 0.167. The predicted molar refractivity (Wildman–Crippen MR) is 102 cm³/mol. The van der Waals surface area contributed by atoms with Crippen molar-refractivity contribution in [3.8, 4) is 11.1 Å². The van der Waals surface area contributed by atoms with Gasteiger partial charge in [-0.1, -0.05) is 30.3 Å². The Bertz CT molecular complexity index is 989. The summed E-state index contributed by atoms with van der Waals surface area (Å²) in [5.41, 5.74) is 3.40. The van der Waals surface area contributed by atoms with Gasteiger partial charge in [0.2, 0.25) is 0 Å². The van der Waals surface area contributed by atoms with Crippen molar-refractivity contribution in [1.82, 2.24) is 15.0 Å². The molecule has 0 radical (unpaired) electrons. The summed E-state index contributed by atoms with van der Waals surface area (Å²) in [5.74, 6) is 1.66. The van der Waals surface area contributed by atoms with Gasteiger partial charge >= 0.3 is 0 Å². The monoisotopic (exact) mass is 352 g/mol. The Morgan fingerprint density at radius 2 is 1.79 bits per heavy atom. The average Bonchev–Trinajstić information content (AvgIpc) is 3.19. The van der Waals surface area contributed by atoms with Crippen LogP contribution in [-0.2, 0) is 6.54 Å². The molecular formula is C18H16N4S2. The minimum atomic E-state index is 0.667. The molecule has 0 aliphatic rings. The Morgan fingerprint density at radius 1 is 0.958 bits per heavy atom. The van der Waals surface area contributed by atoms with Crippen molar-refractivity contribution in [2.24, 2.45) is 0 Å². The van der Waals surface area contributed by atoms with Crippen molar-refractivity contribution in [3.05, 3.63) is 57.6 Å². The molecule has 3 aromatic heterocycles. The van der Waals surface area contributed by atoms with E-state index in [4.69, 9.17) is 0 Å². The number of thiophene rings is 1. The highest BCUT2D eigenvalue weighted by Gasteiger charge is 2.14. The number of benzene rings is 1. The number of aryl methyl sites for hydroxylation is 2. The van der Waals surface area contributed by atoms with Crippen LogP contribution >= 0.6 is 22.7 Å². The van der Waals surface area contributed by atoms with Gasteiger partial charge in [0.05, 0.1) is 22.6 Å². The van der Waals surface area contributed by atoms with E-state index in [0.717, 1.165) is 32.6 Å². The first-order valence-corrected chi connectivity index (χ1v) is 9.43. The molecule has 1 aromatic carbocycles. The van der Waals surface area contributed by atoms with Crippen LogP contribution in [0.15, 0.2) is 41.1 Å². The summed E-state index contributed by atoms with van der Waals surface area (Å²) in [5, 5.41) is 9.86. The van der Waals surface area contributed by atoms with Gasteiger partial charge < -0.3 is 5.32 Å². The Labute approximate surface area is 148 Å². The van der Waals surface area contributed by atoms with E-state index in [1.807, 2.05) is 19.9 Å². The standard InChI is InChI=1S/C18H16N4S2/c1-11-20-17(19-8-14-9-23-12(2)22-14)16-15(10-24-18(16)21-11)13-6-4-3-5-7-13/h3-7,9-10H,8H2,1-2H3,(H,19,20,21). The van der Waals surface area contributed by atoms with Crippen LogP contribution in [0.25, 0.3) is 21.3 Å². The van der Waals surface area contributed by atoms with Gasteiger partial charge in [-0.05, 0) is 19.4 Å². The largest absolute Gasteiger partial charge is 0.364 e. The minimum Gasteiger partial charge on any atom is -0.364 e. The van der Waals surface area contributed by atoms with Crippen molar-refractivity contribution >= 4 is 38.7 Å². The molecule has 0 amide bonds. The highest BCUT2D eigenvalue weighted by molar-refractivity contribution is 7.17. The molecule has 0 bridgehead atoms. The summed E-state index contributed by atoms with van der Waals surface area (Å²) < 4.78 is 0. The summed E-state index contributed by atoms with van der Waals surface area (Å²) in [6.45, 7) is 4.62. The lowest BCUT2D eigenvalue weighted by molar-refractivity contribution is 1.02. The Morgan fingerprint density at radius 3 is 2.54 bits per heavy atom. The lowest BCUT2D eigenvalue weighted by Gasteiger charge is -2.08. The average molecular weight is 352 g/mol. The van der Waals surface area contributed by atoms with E-state index in [-0.39, 0.29) is 0 Å². The summed E-state index contributed by atoms with van der Waals surface area (Å²) >= 11 is 3.32. The molecule has 4 rings (SSSR count). The second-order valence-electron chi connectivity index (χ2n) is 5.53. The zero-order valence-corrected chi connectivity index (χ0v) is 15.0. The van der Waals surface area contributed by atoms with Crippen LogP contribution in [-0.4, -0.2) is 15.0 Å². The third-order valence-electron chi connectivity index (χ3n) is 3.73. The molecule has 3 heterocycles. The van der Waals surface area contributed by atoms with Crippen LogP contribution < -0.4 is 5.32 Å². The van der Waals surface area contributed by atoms with Crippen LogP contribution in [0.1, 0.15) is 16.5 Å². The van der Waals surface area contributed by atoms with Gasteiger partial charge in [-0.25, -0.2) is 15.0 Å². The summed E-state index contributed by atoms with van der Waals surface area (Å²) in [6.07, 6.45) is 0. The van der Waals surface area contributed by atoms with E-state index < -0.39 is 0 Å². The third-order valence-corrected chi connectivity index (χ3v) is 5.43. The highest BCUT2D eigenvalue weighted by atomic mass is 32.1.